The lowest BCUT2D eigenvalue weighted by Crippen LogP contribution is -2.36. The van der Waals surface area contributed by atoms with Crippen LogP contribution in [0.3, 0.4) is 0 Å². The quantitative estimate of drug-likeness (QED) is 0.556. The van der Waals surface area contributed by atoms with Gasteiger partial charge in [0.1, 0.15) is 0 Å². The summed E-state index contributed by atoms with van der Waals surface area (Å²) in [5.74, 6) is -0.316. The first-order valence-corrected chi connectivity index (χ1v) is 9.30. The average molecular weight is 371 g/mol. The third-order valence-electron chi connectivity index (χ3n) is 4.16. The Morgan fingerprint density at radius 2 is 1.88 bits per heavy atom. The van der Waals surface area contributed by atoms with Crippen molar-refractivity contribution < 1.29 is 9.53 Å². The highest BCUT2D eigenvalue weighted by Crippen LogP contribution is 2.20. The zero-order chi connectivity index (χ0) is 18.9. The molecular formula is C21H26N2O2S. The van der Waals surface area contributed by atoms with Crippen LogP contribution in [0.25, 0.3) is 0 Å². The molecule has 0 bridgehead atoms. The summed E-state index contributed by atoms with van der Waals surface area (Å²) in [5, 5.41) is 7.04. The zero-order valence-electron chi connectivity index (χ0n) is 15.5. The number of rotatable bonds is 7. The van der Waals surface area contributed by atoms with Crippen molar-refractivity contribution >= 4 is 29.0 Å². The van der Waals surface area contributed by atoms with E-state index in [0.717, 1.165) is 24.1 Å². The van der Waals surface area contributed by atoms with Gasteiger partial charge in [-0.2, -0.15) is 0 Å². The lowest BCUT2D eigenvalue weighted by molar-refractivity contribution is 0.0525. The summed E-state index contributed by atoms with van der Waals surface area (Å²) in [6.07, 6.45) is 1.97. The van der Waals surface area contributed by atoms with Crippen LogP contribution in [0.1, 0.15) is 41.8 Å². The van der Waals surface area contributed by atoms with Gasteiger partial charge in [-0.05, 0) is 69.1 Å². The summed E-state index contributed by atoms with van der Waals surface area (Å²) in [6.45, 7) is 6.15. The van der Waals surface area contributed by atoms with Crippen LogP contribution < -0.4 is 10.6 Å². The number of hydrogen-bond acceptors (Lipinski definition) is 3. The number of anilines is 1. The van der Waals surface area contributed by atoms with E-state index >= 15 is 0 Å². The molecule has 2 aromatic carbocycles. The average Bonchev–Trinajstić information content (AvgIpc) is 2.62. The Labute approximate surface area is 161 Å². The Morgan fingerprint density at radius 1 is 1.15 bits per heavy atom. The first-order valence-electron chi connectivity index (χ1n) is 8.89. The molecule has 2 N–H and O–H groups in total. The maximum Gasteiger partial charge on any atom is 0.338 e. The van der Waals surface area contributed by atoms with Gasteiger partial charge in [-0.25, -0.2) is 4.79 Å². The van der Waals surface area contributed by atoms with Gasteiger partial charge in [-0.1, -0.05) is 36.4 Å². The van der Waals surface area contributed by atoms with Gasteiger partial charge < -0.3 is 15.4 Å². The molecule has 0 aromatic heterocycles. The highest BCUT2D eigenvalue weighted by molar-refractivity contribution is 7.80. The summed E-state index contributed by atoms with van der Waals surface area (Å²) in [6, 6.07) is 16.1. The SMILES string of the molecule is CCOC(=O)c1cccc(NC(=S)NC(C)CCc2ccccc2)c1C. The van der Waals surface area contributed by atoms with Crippen LogP contribution in [0.15, 0.2) is 48.5 Å². The molecule has 0 aliphatic rings. The molecule has 0 aliphatic heterocycles. The minimum Gasteiger partial charge on any atom is -0.462 e. The monoisotopic (exact) mass is 370 g/mol. The lowest BCUT2D eigenvalue weighted by atomic mass is 10.1. The number of esters is 1. The highest BCUT2D eigenvalue weighted by atomic mass is 32.1. The summed E-state index contributed by atoms with van der Waals surface area (Å²) in [4.78, 5) is 12.0. The number of thiocarbonyl (C=S) groups is 1. The van der Waals surface area contributed by atoms with E-state index in [1.54, 1.807) is 13.0 Å². The Balaban J connectivity index is 1.91. The summed E-state index contributed by atoms with van der Waals surface area (Å²) >= 11 is 5.42. The highest BCUT2D eigenvalue weighted by Gasteiger charge is 2.13. The van der Waals surface area contributed by atoms with E-state index in [0.29, 0.717) is 17.3 Å². The van der Waals surface area contributed by atoms with Crippen molar-refractivity contribution in [2.75, 3.05) is 11.9 Å². The number of carbonyl (C=O) groups excluding carboxylic acids is 1. The van der Waals surface area contributed by atoms with Crippen molar-refractivity contribution in [3.63, 3.8) is 0 Å². The van der Waals surface area contributed by atoms with Gasteiger partial charge in [0.15, 0.2) is 5.11 Å². The molecule has 5 heteroatoms. The fourth-order valence-corrected chi connectivity index (χ4v) is 2.99. The van der Waals surface area contributed by atoms with Gasteiger partial charge >= 0.3 is 5.97 Å². The normalized spacial score (nSPS) is 11.5. The van der Waals surface area contributed by atoms with E-state index in [2.05, 4.69) is 41.8 Å². The standard InChI is InChI=1S/C21H26N2O2S/c1-4-25-20(24)18-11-8-12-19(16(18)3)23-21(26)22-15(2)13-14-17-9-6-5-7-10-17/h5-12,15H,4,13-14H2,1-3H3,(H2,22,23,26). The van der Waals surface area contributed by atoms with Gasteiger partial charge in [-0.15, -0.1) is 0 Å². The summed E-state index contributed by atoms with van der Waals surface area (Å²) < 4.78 is 5.09. The number of hydrogen-bond donors (Lipinski definition) is 2. The van der Waals surface area contributed by atoms with E-state index in [-0.39, 0.29) is 12.0 Å². The predicted octanol–water partition coefficient (Wildman–Crippen LogP) is 4.48. The molecule has 2 aromatic rings. The van der Waals surface area contributed by atoms with Crippen LogP contribution in [0.4, 0.5) is 5.69 Å². The summed E-state index contributed by atoms with van der Waals surface area (Å²) in [7, 11) is 0. The summed E-state index contributed by atoms with van der Waals surface area (Å²) in [5.41, 5.74) is 3.50. The van der Waals surface area contributed by atoms with Gasteiger partial charge in [0.05, 0.1) is 12.2 Å². The molecule has 0 amide bonds. The Hall–Kier alpha value is -2.40. The first-order chi connectivity index (χ1) is 12.5. The first kappa shape index (κ1) is 19.9. The molecule has 1 unspecified atom stereocenters. The van der Waals surface area contributed by atoms with E-state index in [9.17, 15) is 4.79 Å². The van der Waals surface area contributed by atoms with Crippen molar-refractivity contribution in [1.29, 1.82) is 0 Å². The Bertz CT molecular complexity index is 747. The second-order valence-electron chi connectivity index (χ2n) is 6.22. The number of ether oxygens (including phenoxy) is 1. The molecule has 4 nitrogen and oxygen atoms in total. The zero-order valence-corrected chi connectivity index (χ0v) is 16.4. The van der Waals surface area contributed by atoms with Crippen molar-refractivity contribution in [3.05, 3.63) is 65.2 Å². The third kappa shape index (κ3) is 5.85. The van der Waals surface area contributed by atoms with Crippen molar-refractivity contribution in [2.45, 2.75) is 39.7 Å². The molecule has 0 heterocycles. The van der Waals surface area contributed by atoms with Crippen molar-refractivity contribution in [1.82, 2.24) is 5.32 Å². The van der Waals surface area contributed by atoms with Gasteiger partial charge in [0, 0.05) is 11.7 Å². The maximum atomic E-state index is 12.0. The Kier molecular flexibility index (Phi) is 7.60. The van der Waals surface area contributed by atoms with Crippen LogP contribution in [-0.2, 0) is 11.2 Å². The molecule has 0 saturated carbocycles. The largest absolute Gasteiger partial charge is 0.462 e. The van der Waals surface area contributed by atoms with Crippen LogP contribution in [0.5, 0.6) is 0 Å². The molecule has 0 radical (unpaired) electrons. The number of aryl methyl sites for hydroxylation is 1. The molecule has 2 rings (SSSR count). The molecule has 0 spiro atoms. The fraction of sp³-hybridized carbons (Fsp3) is 0.333. The second kappa shape index (κ2) is 9.92. The third-order valence-corrected chi connectivity index (χ3v) is 4.38. The Morgan fingerprint density at radius 3 is 2.58 bits per heavy atom. The van der Waals surface area contributed by atoms with Crippen molar-refractivity contribution in [2.24, 2.45) is 0 Å². The number of benzene rings is 2. The molecular weight excluding hydrogens is 344 g/mol. The number of carbonyl (C=O) groups is 1. The smallest absolute Gasteiger partial charge is 0.338 e. The van der Waals surface area contributed by atoms with Gasteiger partial charge in [0.25, 0.3) is 0 Å². The fourth-order valence-electron chi connectivity index (χ4n) is 2.68. The van der Waals surface area contributed by atoms with Crippen LogP contribution in [0, 0.1) is 6.92 Å². The van der Waals surface area contributed by atoms with Gasteiger partial charge in [-0.3, -0.25) is 0 Å². The second-order valence-corrected chi connectivity index (χ2v) is 6.63. The minimum atomic E-state index is -0.316. The predicted molar refractivity (Wildman–Crippen MR) is 111 cm³/mol. The van der Waals surface area contributed by atoms with Crippen LogP contribution in [-0.4, -0.2) is 23.7 Å². The van der Waals surface area contributed by atoms with E-state index in [1.807, 2.05) is 25.1 Å². The van der Waals surface area contributed by atoms with E-state index in [4.69, 9.17) is 17.0 Å². The maximum absolute atomic E-state index is 12.0. The topological polar surface area (TPSA) is 50.4 Å². The van der Waals surface area contributed by atoms with E-state index in [1.165, 1.54) is 5.56 Å². The molecule has 0 saturated heterocycles. The lowest BCUT2D eigenvalue weighted by Gasteiger charge is -2.18. The van der Waals surface area contributed by atoms with E-state index < -0.39 is 0 Å². The molecule has 1 atom stereocenters. The molecule has 26 heavy (non-hydrogen) atoms. The molecule has 0 fully saturated rings. The van der Waals surface area contributed by atoms with Crippen LogP contribution in [0.2, 0.25) is 0 Å². The molecule has 138 valence electrons. The number of nitrogens with one attached hydrogen (secondary N) is 2. The van der Waals surface area contributed by atoms with Crippen LogP contribution >= 0.6 is 12.2 Å². The minimum absolute atomic E-state index is 0.240. The molecule has 0 aliphatic carbocycles. The van der Waals surface area contributed by atoms with Gasteiger partial charge in [0.2, 0.25) is 0 Å². The van der Waals surface area contributed by atoms with Crippen molar-refractivity contribution in [3.8, 4) is 0 Å².